The number of thioether (sulfide) groups is 1. The van der Waals surface area contributed by atoms with Crippen molar-refractivity contribution < 1.29 is 14.0 Å². The van der Waals surface area contributed by atoms with Gasteiger partial charge >= 0.3 is 0 Å². The number of furan rings is 1. The van der Waals surface area contributed by atoms with E-state index in [0.29, 0.717) is 22.6 Å². The van der Waals surface area contributed by atoms with Crippen molar-refractivity contribution in [3.63, 3.8) is 0 Å². The molecule has 33 heavy (non-hydrogen) atoms. The van der Waals surface area contributed by atoms with Crippen molar-refractivity contribution in [3.8, 4) is 12.3 Å². The number of benzene rings is 2. The van der Waals surface area contributed by atoms with Gasteiger partial charge in [-0.25, -0.2) is 0 Å². The highest BCUT2D eigenvalue weighted by Crippen LogP contribution is 2.33. The van der Waals surface area contributed by atoms with Crippen LogP contribution in [0.1, 0.15) is 26.7 Å². The van der Waals surface area contributed by atoms with Crippen molar-refractivity contribution >= 4 is 51.6 Å². The number of likely N-dealkylation sites (N-methyl/N-ethyl adjacent to an activating group) is 1. The summed E-state index contributed by atoms with van der Waals surface area (Å²) < 4.78 is 6.73. The van der Waals surface area contributed by atoms with Gasteiger partial charge in [-0.05, 0) is 31.2 Å². The van der Waals surface area contributed by atoms with Crippen molar-refractivity contribution in [2.24, 2.45) is 0 Å². The van der Waals surface area contributed by atoms with Crippen molar-refractivity contribution in [1.82, 2.24) is 15.1 Å². The van der Waals surface area contributed by atoms with Crippen LogP contribution in [0.3, 0.4) is 0 Å². The Bertz CT molecular complexity index is 1370. The molecule has 4 aromatic rings. The molecule has 0 radical (unpaired) electrons. The van der Waals surface area contributed by atoms with E-state index in [1.807, 2.05) is 31.2 Å². The lowest BCUT2D eigenvalue weighted by molar-refractivity contribution is -0.116. The zero-order chi connectivity index (χ0) is 23.4. The number of aryl methyl sites for hydroxylation is 1. The Labute approximate surface area is 199 Å². The number of nitrogens with zero attached hydrogens (tertiary/aromatic N) is 3. The summed E-state index contributed by atoms with van der Waals surface area (Å²) in [5.74, 6) is 2.53. The van der Waals surface area contributed by atoms with E-state index >= 15 is 0 Å². The number of carbonyl (C=O) groups excluding carboxylic acids is 2. The summed E-state index contributed by atoms with van der Waals surface area (Å²) in [7, 11) is 1.57. The number of aromatic nitrogens is 2. The Morgan fingerprint density at radius 1 is 1.21 bits per heavy atom. The Hall–Kier alpha value is -3.61. The van der Waals surface area contributed by atoms with Gasteiger partial charge in [-0.15, -0.1) is 16.6 Å². The number of nitrogens with one attached hydrogen (secondary N) is 1. The monoisotopic (exact) mass is 476 g/mol. The van der Waals surface area contributed by atoms with Gasteiger partial charge in [0.15, 0.2) is 10.1 Å². The van der Waals surface area contributed by atoms with Crippen LogP contribution in [0, 0.1) is 19.3 Å². The average molecular weight is 477 g/mol. The molecule has 0 aliphatic heterocycles. The Morgan fingerprint density at radius 2 is 2.03 bits per heavy atom. The van der Waals surface area contributed by atoms with Crippen LogP contribution < -0.4 is 5.32 Å². The molecule has 2 aromatic carbocycles. The molecule has 0 aliphatic rings. The number of hydrogen-bond acceptors (Lipinski definition) is 7. The first-order valence-corrected chi connectivity index (χ1v) is 11.8. The number of para-hydroxylation sites is 1. The first kappa shape index (κ1) is 22.6. The van der Waals surface area contributed by atoms with Crippen molar-refractivity contribution in [1.29, 1.82) is 0 Å². The fraction of sp³-hybridized carbons (Fsp3) is 0.167. The molecule has 0 atom stereocenters. The van der Waals surface area contributed by atoms with Gasteiger partial charge in [-0.2, -0.15) is 0 Å². The number of amides is 2. The second kappa shape index (κ2) is 9.90. The largest absolute Gasteiger partial charge is 0.451 e. The second-order valence-corrected chi connectivity index (χ2v) is 9.62. The van der Waals surface area contributed by atoms with Crippen molar-refractivity contribution in [2.75, 3.05) is 18.9 Å². The lowest BCUT2D eigenvalue weighted by Gasteiger charge is -2.16. The number of carbonyl (C=O) groups is 2. The van der Waals surface area contributed by atoms with Crippen LogP contribution in [-0.2, 0) is 10.5 Å². The third-order valence-electron chi connectivity index (χ3n) is 4.78. The topological polar surface area (TPSA) is 88.3 Å². The fourth-order valence-corrected chi connectivity index (χ4v) is 5.08. The summed E-state index contributed by atoms with van der Waals surface area (Å²) in [6.45, 7) is 1.76. The third kappa shape index (κ3) is 5.25. The number of fused-ring (bicyclic) bond motifs is 1. The van der Waals surface area contributed by atoms with Gasteiger partial charge < -0.3 is 14.6 Å². The molecule has 2 amide bonds. The van der Waals surface area contributed by atoms with Crippen molar-refractivity contribution in [3.05, 3.63) is 70.4 Å². The van der Waals surface area contributed by atoms with Gasteiger partial charge in [0.25, 0.3) is 5.91 Å². The predicted molar refractivity (Wildman–Crippen MR) is 130 cm³/mol. The van der Waals surface area contributed by atoms with Gasteiger partial charge in [0.1, 0.15) is 10.6 Å². The standard InChI is InChI=1S/C24H20N4O3S2/c1-4-16-8-7-9-17(12-16)25-21(29)13-28(3)23(30)22-19(14-32-24-27-26-15(2)33-24)18-10-5-6-11-20(18)31-22/h1,5-12H,13-14H2,2-3H3,(H,25,29). The SMILES string of the molecule is C#Cc1cccc(NC(=O)CN(C)C(=O)c2oc3ccccc3c2CSc2nnc(C)s2)c1. The second-order valence-electron chi connectivity index (χ2n) is 7.22. The van der Waals surface area contributed by atoms with E-state index in [1.54, 1.807) is 31.3 Å². The first-order valence-electron chi connectivity index (χ1n) is 10.00. The maximum Gasteiger partial charge on any atom is 0.290 e. The highest BCUT2D eigenvalue weighted by atomic mass is 32.2. The van der Waals surface area contributed by atoms with E-state index in [2.05, 4.69) is 21.4 Å². The van der Waals surface area contributed by atoms with E-state index in [9.17, 15) is 9.59 Å². The number of anilines is 1. The average Bonchev–Trinajstić information content (AvgIpc) is 3.40. The van der Waals surface area contributed by atoms with Gasteiger partial charge in [-0.3, -0.25) is 9.59 Å². The van der Waals surface area contributed by atoms with E-state index in [1.165, 1.54) is 28.0 Å². The molecule has 0 fully saturated rings. The van der Waals surface area contributed by atoms with E-state index in [4.69, 9.17) is 10.8 Å². The first-order chi connectivity index (χ1) is 15.9. The minimum atomic E-state index is -0.372. The van der Waals surface area contributed by atoms with Crippen molar-refractivity contribution in [2.45, 2.75) is 17.0 Å². The lowest BCUT2D eigenvalue weighted by Crippen LogP contribution is -2.35. The van der Waals surface area contributed by atoms with Crippen LogP contribution in [0.15, 0.2) is 57.3 Å². The van der Waals surface area contributed by atoms with Crippen LogP contribution in [0.4, 0.5) is 5.69 Å². The highest BCUT2D eigenvalue weighted by Gasteiger charge is 2.25. The zero-order valence-corrected chi connectivity index (χ0v) is 19.6. The minimum absolute atomic E-state index is 0.141. The zero-order valence-electron chi connectivity index (χ0n) is 18.0. The minimum Gasteiger partial charge on any atom is -0.451 e. The summed E-state index contributed by atoms with van der Waals surface area (Å²) in [4.78, 5) is 27.1. The Kier molecular flexibility index (Phi) is 6.77. The molecule has 0 saturated heterocycles. The molecule has 0 bridgehead atoms. The molecule has 0 aliphatic carbocycles. The number of rotatable bonds is 7. The molecule has 0 unspecified atom stereocenters. The van der Waals surface area contributed by atoms with Gasteiger partial charge in [0, 0.05) is 35.0 Å². The molecular formula is C24H20N4O3S2. The number of terminal acetylenes is 1. The summed E-state index contributed by atoms with van der Waals surface area (Å²) in [6, 6.07) is 14.5. The molecule has 0 spiro atoms. The smallest absolute Gasteiger partial charge is 0.290 e. The summed E-state index contributed by atoms with van der Waals surface area (Å²) in [5, 5.41) is 12.7. The van der Waals surface area contributed by atoms with Crippen LogP contribution in [-0.4, -0.2) is 40.5 Å². The summed E-state index contributed by atoms with van der Waals surface area (Å²) in [6.07, 6.45) is 5.41. The van der Waals surface area contributed by atoms with Crippen LogP contribution in [0.25, 0.3) is 11.0 Å². The molecular weight excluding hydrogens is 456 g/mol. The molecule has 7 nitrogen and oxygen atoms in total. The normalized spacial score (nSPS) is 10.7. The summed E-state index contributed by atoms with van der Waals surface area (Å²) in [5.41, 5.74) is 2.62. The molecule has 9 heteroatoms. The number of hydrogen-bond donors (Lipinski definition) is 1. The molecule has 1 N–H and O–H groups in total. The molecule has 2 aromatic heterocycles. The van der Waals surface area contributed by atoms with Gasteiger partial charge in [-0.1, -0.05) is 53.3 Å². The predicted octanol–water partition coefficient (Wildman–Crippen LogP) is 4.58. The maximum atomic E-state index is 13.2. The molecule has 2 heterocycles. The van der Waals surface area contributed by atoms with E-state index in [-0.39, 0.29) is 24.1 Å². The van der Waals surface area contributed by atoms with Crippen LogP contribution in [0.5, 0.6) is 0 Å². The quantitative estimate of drug-likeness (QED) is 0.310. The summed E-state index contributed by atoms with van der Waals surface area (Å²) >= 11 is 2.99. The van der Waals surface area contributed by atoms with Gasteiger partial charge in [0.05, 0.1) is 6.54 Å². The molecule has 0 saturated carbocycles. The van der Waals surface area contributed by atoms with E-state index in [0.717, 1.165) is 20.3 Å². The van der Waals surface area contributed by atoms with Crippen LogP contribution >= 0.6 is 23.1 Å². The van der Waals surface area contributed by atoms with E-state index < -0.39 is 0 Å². The highest BCUT2D eigenvalue weighted by molar-refractivity contribution is 8.00. The fourth-order valence-electron chi connectivity index (χ4n) is 3.23. The van der Waals surface area contributed by atoms with Crippen LogP contribution in [0.2, 0.25) is 0 Å². The molecule has 4 rings (SSSR count). The Balaban J connectivity index is 1.51. The maximum absolute atomic E-state index is 13.2. The molecule has 166 valence electrons. The third-order valence-corrected chi connectivity index (χ3v) is 6.78. The lowest BCUT2D eigenvalue weighted by atomic mass is 10.1. The Morgan fingerprint density at radius 3 is 2.79 bits per heavy atom. The van der Waals surface area contributed by atoms with Gasteiger partial charge in [0.2, 0.25) is 5.91 Å².